The maximum atomic E-state index is 12.1. The monoisotopic (exact) mass is 365 g/mol. The highest BCUT2D eigenvalue weighted by Crippen LogP contribution is 2.20. The number of hydrogen-bond donors (Lipinski definition) is 1. The van der Waals surface area contributed by atoms with Crippen LogP contribution >= 0.6 is 23.2 Å². The molecule has 0 bridgehead atoms. The van der Waals surface area contributed by atoms with E-state index in [1.807, 2.05) is 0 Å². The number of amides is 2. The number of nitrogens with zero attached hydrogens (tertiary/aromatic N) is 2. The Hall–Kier alpha value is -2.31. The first-order chi connectivity index (χ1) is 11.5. The van der Waals surface area contributed by atoms with Gasteiger partial charge < -0.3 is 10.1 Å². The molecule has 24 heavy (non-hydrogen) atoms. The maximum absolute atomic E-state index is 12.1. The predicted molar refractivity (Wildman–Crippen MR) is 90.6 cm³/mol. The number of esters is 1. The Kier molecular flexibility index (Phi) is 4.87. The van der Waals surface area contributed by atoms with Gasteiger partial charge in [0.15, 0.2) is 0 Å². The van der Waals surface area contributed by atoms with Gasteiger partial charge >= 0.3 is 12.0 Å². The van der Waals surface area contributed by atoms with Gasteiger partial charge in [-0.2, -0.15) is 0 Å². The number of carbonyl (C=O) groups excluding carboxylic acids is 2. The van der Waals surface area contributed by atoms with Crippen LogP contribution in [-0.2, 0) is 11.3 Å². The van der Waals surface area contributed by atoms with Gasteiger partial charge in [-0.3, -0.25) is 4.90 Å². The molecule has 1 aliphatic heterocycles. The molecule has 0 spiro atoms. The zero-order chi connectivity index (χ0) is 17.1. The van der Waals surface area contributed by atoms with Crippen LogP contribution in [0.2, 0.25) is 10.2 Å². The molecule has 2 heterocycles. The van der Waals surface area contributed by atoms with Crippen molar-refractivity contribution < 1.29 is 14.3 Å². The number of ether oxygens (including phenoxy) is 1. The quantitative estimate of drug-likeness (QED) is 0.666. The number of carbonyl (C=O) groups is 2. The largest absolute Gasteiger partial charge is 0.456 e. The Morgan fingerprint density at radius 1 is 1.21 bits per heavy atom. The number of nitrogens with one attached hydrogen (secondary N) is 1. The minimum absolute atomic E-state index is 0.0749. The summed E-state index contributed by atoms with van der Waals surface area (Å²) in [6.07, 6.45) is 0. The first-order valence-corrected chi connectivity index (χ1v) is 7.93. The van der Waals surface area contributed by atoms with Crippen molar-refractivity contribution in [3.05, 3.63) is 57.8 Å². The molecule has 6 nitrogen and oxygen atoms in total. The Bertz CT molecular complexity index is 781. The van der Waals surface area contributed by atoms with Crippen LogP contribution in [0.3, 0.4) is 0 Å². The van der Waals surface area contributed by atoms with Gasteiger partial charge in [0, 0.05) is 18.8 Å². The number of anilines is 1. The van der Waals surface area contributed by atoms with E-state index in [-0.39, 0.29) is 17.8 Å². The molecule has 1 N–H and O–H groups in total. The second-order valence-electron chi connectivity index (χ2n) is 5.07. The fourth-order valence-electron chi connectivity index (χ4n) is 2.27. The molecule has 2 amide bonds. The standard InChI is InChI=1S/C16H13Cl2N3O3/c17-12-5-6-14(18)20-13(12)9-24-15(22)10-1-3-11(4-2-10)21-8-7-19-16(21)23/h1-6H,7-9H2,(H,19,23). The second kappa shape index (κ2) is 7.07. The van der Waals surface area contributed by atoms with Gasteiger partial charge in [-0.05, 0) is 36.4 Å². The summed E-state index contributed by atoms with van der Waals surface area (Å²) in [6, 6.07) is 9.62. The van der Waals surface area contributed by atoms with Gasteiger partial charge in [0.1, 0.15) is 11.8 Å². The summed E-state index contributed by atoms with van der Waals surface area (Å²) in [5, 5.41) is 3.37. The van der Waals surface area contributed by atoms with Gasteiger partial charge in [-0.1, -0.05) is 23.2 Å². The normalized spacial score (nSPS) is 13.8. The van der Waals surface area contributed by atoms with Gasteiger partial charge in [0.25, 0.3) is 0 Å². The molecule has 1 fully saturated rings. The highest BCUT2D eigenvalue weighted by atomic mass is 35.5. The lowest BCUT2D eigenvalue weighted by Crippen LogP contribution is -2.27. The summed E-state index contributed by atoms with van der Waals surface area (Å²) in [4.78, 5) is 29.3. The molecule has 1 aromatic carbocycles. The van der Waals surface area contributed by atoms with Crippen LogP contribution in [-0.4, -0.2) is 30.1 Å². The predicted octanol–water partition coefficient (Wildman–Crippen LogP) is 3.28. The van der Waals surface area contributed by atoms with E-state index in [1.54, 1.807) is 41.3 Å². The fourth-order valence-corrected chi connectivity index (χ4v) is 2.60. The molecule has 0 atom stereocenters. The molecular weight excluding hydrogens is 353 g/mol. The molecule has 1 saturated heterocycles. The molecule has 0 unspecified atom stereocenters. The first-order valence-electron chi connectivity index (χ1n) is 7.18. The average molecular weight is 366 g/mol. The lowest BCUT2D eigenvalue weighted by molar-refractivity contribution is 0.0468. The van der Waals surface area contributed by atoms with Crippen molar-refractivity contribution in [2.75, 3.05) is 18.0 Å². The second-order valence-corrected chi connectivity index (χ2v) is 5.86. The van der Waals surface area contributed by atoms with Crippen LogP contribution in [0.4, 0.5) is 10.5 Å². The number of pyridine rings is 1. The first kappa shape index (κ1) is 16.5. The van der Waals surface area contributed by atoms with Crippen molar-refractivity contribution in [2.24, 2.45) is 0 Å². The molecule has 3 rings (SSSR count). The third kappa shape index (κ3) is 3.60. The fraction of sp³-hybridized carbons (Fsp3) is 0.188. The summed E-state index contributed by atoms with van der Waals surface area (Å²) in [7, 11) is 0. The van der Waals surface area contributed by atoms with Gasteiger partial charge in [-0.25, -0.2) is 14.6 Å². The summed E-state index contributed by atoms with van der Waals surface area (Å²) < 4.78 is 5.20. The van der Waals surface area contributed by atoms with Crippen LogP contribution < -0.4 is 10.2 Å². The molecule has 0 radical (unpaired) electrons. The number of halogens is 2. The van der Waals surface area contributed by atoms with E-state index in [0.29, 0.717) is 29.4 Å². The van der Waals surface area contributed by atoms with E-state index in [9.17, 15) is 9.59 Å². The summed E-state index contributed by atoms with van der Waals surface area (Å²) in [5.41, 5.74) is 1.49. The number of rotatable bonds is 4. The van der Waals surface area contributed by atoms with Crippen molar-refractivity contribution in [3.8, 4) is 0 Å². The maximum Gasteiger partial charge on any atom is 0.338 e. The SMILES string of the molecule is O=C(OCc1nc(Cl)ccc1Cl)c1ccc(N2CCNC2=O)cc1. The highest BCUT2D eigenvalue weighted by Gasteiger charge is 2.21. The van der Waals surface area contributed by atoms with E-state index in [2.05, 4.69) is 10.3 Å². The minimum Gasteiger partial charge on any atom is -0.456 e. The molecule has 0 saturated carbocycles. The molecule has 2 aromatic rings. The minimum atomic E-state index is -0.509. The van der Waals surface area contributed by atoms with Crippen LogP contribution in [0.5, 0.6) is 0 Å². The third-order valence-corrected chi connectivity index (χ3v) is 4.05. The van der Waals surface area contributed by atoms with E-state index in [1.165, 1.54) is 0 Å². The van der Waals surface area contributed by atoms with Crippen LogP contribution in [0.1, 0.15) is 16.1 Å². The molecule has 1 aromatic heterocycles. The zero-order valence-electron chi connectivity index (χ0n) is 12.5. The Labute approximate surface area is 148 Å². The molecule has 8 heteroatoms. The van der Waals surface area contributed by atoms with E-state index >= 15 is 0 Å². The molecular formula is C16H13Cl2N3O3. The van der Waals surface area contributed by atoms with E-state index < -0.39 is 5.97 Å². The van der Waals surface area contributed by atoms with Gasteiger partial charge in [-0.15, -0.1) is 0 Å². The van der Waals surface area contributed by atoms with Crippen molar-refractivity contribution in [1.29, 1.82) is 0 Å². The average Bonchev–Trinajstić information content (AvgIpc) is 3.01. The summed E-state index contributed by atoms with van der Waals surface area (Å²) in [6.45, 7) is 1.13. The number of benzene rings is 1. The Morgan fingerprint density at radius 2 is 1.96 bits per heavy atom. The topological polar surface area (TPSA) is 71.5 Å². The van der Waals surface area contributed by atoms with Crippen molar-refractivity contribution in [1.82, 2.24) is 10.3 Å². The van der Waals surface area contributed by atoms with E-state index in [4.69, 9.17) is 27.9 Å². The lowest BCUT2D eigenvalue weighted by Gasteiger charge is -2.14. The Balaban J connectivity index is 1.65. The van der Waals surface area contributed by atoms with Crippen LogP contribution in [0.15, 0.2) is 36.4 Å². The van der Waals surface area contributed by atoms with Crippen molar-refractivity contribution in [2.45, 2.75) is 6.61 Å². The van der Waals surface area contributed by atoms with Crippen LogP contribution in [0.25, 0.3) is 0 Å². The highest BCUT2D eigenvalue weighted by molar-refractivity contribution is 6.32. The molecule has 1 aliphatic rings. The number of aromatic nitrogens is 1. The van der Waals surface area contributed by atoms with Crippen molar-refractivity contribution >= 4 is 40.9 Å². The van der Waals surface area contributed by atoms with Crippen molar-refractivity contribution in [3.63, 3.8) is 0 Å². The van der Waals surface area contributed by atoms with E-state index in [0.717, 1.165) is 5.69 Å². The van der Waals surface area contributed by atoms with Crippen LogP contribution in [0, 0.1) is 0 Å². The molecule has 0 aliphatic carbocycles. The number of urea groups is 1. The molecule has 124 valence electrons. The zero-order valence-corrected chi connectivity index (χ0v) is 14.0. The smallest absolute Gasteiger partial charge is 0.338 e. The number of hydrogen-bond acceptors (Lipinski definition) is 4. The summed E-state index contributed by atoms with van der Waals surface area (Å²) in [5.74, 6) is -0.509. The summed E-state index contributed by atoms with van der Waals surface area (Å²) >= 11 is 11.8. The van der Waals surface area contributed by atoms with Gasteiger partial charge in [0.2, 0.25) is 0 Å². The van der Waals surface area contributed by atoms with Gasteiger partial charge in [0.05, 0.1) is 16.3 Å². The Morgan fingerprint density at radius 3 is 2.62 bits per heavy atom. The third-order valence-electron chi connectivity index (χ3n) is 3.50. The lowest BCUT2D eigenvalue weighted by atomic mass is 10.2.